The quantitative estimate of drug-likeness (QED) is 0.283. The Morgan fingerprint density at radius 3 is 2.52 bits per heavy atom. The number of benzene rings is 3. The molecule has 0 aliphatic carbocycles. The van der Waals surface area contributed by atoms with Gasteiger partial charge in [-0.25, -0.2) is 9.82 Å². The van der Waals surface area contributed by atoms with Crippen molar-refractivity contribution < 1.29 is 23.5 Å². The standard InChI is InChI=1S/C23H18Cl2FN3O4/c1-32-20-11-15(7-10-19(20)33-13-14-5-8-16(26)9-6-14)12-27-29-23(31)22(30)28-18-4-2-3-17(24)21(18)25/h2-12H,13H2,1H3,(H,28,30)(H,29,31)/b27-12-. The molecule has 170 valence electrons. The van der Waals surface area contributed by atoms with Crippen LogP contribution in [-0.2, 0) is 16.2 Å². The van der Waals surface area contributed by atoms with E-state index in [9.17, 15) is 14.0 Å². The van der Waals surface area contributed by atoms with Gasteiger partial charge in [-0.15, -0.1) is 0 Å². The van der Waals surface area contributed by atoms with Crippen molar-refractivity contribution in [3.8, 4) is 11.5 Å². The maximum absolute atomic E-state index is 13.0. The van der Waals surface area contributed by atoms with Gasteiger partial charge in [0.25, 0.3) is 0 Å². The molecule has 0 saturated carbocycles. The summed E-state index contributed by atoms with van der Waals surface area (Å²) in [5.74, 6) is -1.37. The molecule has 0 aromatic heterocycles. The molecule has 0 bridgehead atoms. The molecule has 10 heteroatoms. The third-order valence-corrected chi connectivity index (χ3v) is 5.10. The largest absolute Gasteiger partial charge is 0.493 e. The van der Waals surface area contributed by atoms with Crippen molar-refractivity contribution in [2.75, 3.05) is 12.4 Å². The van der Waals surface area contributed by atoms with Gasteiger partial charge in [-0.05, 0) is 53.6 Å². The Bertz CT molecular complexity index is 1190. The van der Waals surface area contributed by atoms with Gasteiger partial charge < -0.3 is 14.8 Å². The van der Waals surface area contributed by atoms with Crippen molar-refractivity contribution in [3.05, 3.63) is 87.7 Å². The Balaban J connectivity index is 1.57. The van der Waals surface area contributed by atoms with Crippen molar-refractivity contribution in [1.82, 2.24) is 5.43 Å². The van der Waals surface area contributed by atoms with Crippen LogP contribution in [0.3, 0.4) is 0 Å². The predicted molar refractivity (Wildman–Crippen MR) is 125 cm³/mol. The van der Waals surface area contributed by atoms with Gasteiger partial charge in [0, 0.05) is 0 Å². The summed E-state index contributed by atoms with van der Waals surface area (Å²) in [6.45, 7) is 0.228. The van der Waals surface area contributed by atoms with Crippen molar-refractivity contribution in [3.63, 3.8) is 0 Å². The minimum Gasteiger partial charge on any atom is -0.493 e. The molecule has 0 heterocycles. The van der Waals surface area contributed by atoms with Crippen molar-refractivity contribution in [2.45, 2.75) is 6.61 Å². The number of hydrogen-bond donors (Lipinski definition) is 2. The summed E-state index contributed by atoms with van der Waals surface area (Å²) in [4.78, 5) is 24.0. The van der Waals surface area contributed by atoms with E-state index in [1.54, 1.807) is 42.5 Å². The third-order valence-electron chi connectivity index (χ3n) is 4.28. The molecule has 0 fully saturated rings. The summed E-state index contributed by atoms with van der Waals surface area (Å²) >= 11 is 11.9. The maximum atomic E-state index is 13.0. The number of nitrogens with zero attached hydrogens (tertiary/aromatic N) is 1. The first-order valence-corrected chi connectivity index (χ1v) is 10.3. The number of halogens is 3. The highest BCUT2D eigenvalue weighted by atomic mass is 35.5. The normalized spacial score (nSPS) is 10.7. The van der Waals surface area contributed by atoms with Gasteiger partial charge in [-0.1, -0.05) is 41.4 Å². The lowest BCUT2D eigenvalue weighted by Gasteiger charge is -2.11. The third kappa shape index (κ3) is 6.68. The van der Waals surface area contributed by atoms with Crippen LogP contribution in [-0.4, -0.2) is 25.1 Å². The van der Waals surface area contributed by atoms with Crippen LogP contribution in [0.2, 0.25) is 10.0 Å². The van der Waals surface area contributed by atoms with E-state index in [1.807, 2.05) is 0 Å². The number of carbonyl (C=O) groups is 2. The summed E-state index contributed by atoms with van der Waals surface area (Å²) in [7, 11) is 1.48. The molecule has 0 radical (unpaired) electrons. The fourth-order valence-electron chi connectivity index (χ4n) is 2.62. The second-order valence-corrected chi connectivity index (χ2v) is 7.37. The van der Waals surface area contributed by atoms with Crippen LogP contribution in [0.5, 0.6) is 11.5 Å². The zero-order chi connectivity index (χ0) is 23.8. The topological polar surface area (TPSA) is 89.0 Å². The first kappa shape index (κ1) is 24.0. The lowest BCUT2D eigenvalue weighted by atomic mass is 10.2. The second kappa shape index (κ2) is 11.3. The zero-order valence-corrected chi connectivity index (χ0v) is 18.8. The van der Waals surface area contributed by atoms with Gasteiger partial charge in [0.15, 0.2) is 11.5 Å². The van der Waals surface area contributed by atoms with Crippen molar-refractivity contribution in [2.24, 2.45) is 5.10 Å². The fourth-order valence-corrected chi connectivity index (χ4v) is 2.97. The molecule has 3 aromatic rings. The minimum atomic E-state index is -0.992. The number of ether oxygens (including phenoxy) is 2. The molecule has 2 amide bonds. The van der Waals surface area contributed by atoms with E-state index < -0.39 is 11.8 Å². The van der Waals surface area contributed by atoms with Crippen LogP contribution in [0.1, 0.15) is 11.1 Å². The van der Waals surface area contributed by atoms with Crippen molar-refractivity contribution >= 4 is 46.9 Å². The van der Waals surface area contributed by atoms with Crippen LogP contribution in [0.4, 0.5) is 10.1 Å². The molecule has 3 rings (SSSR count). The molecule has 33 heavy (non-hydrogen) atoms. The molecule has 3 aromatic carbocycles. The smallest absolute Gasteiger partial charge is 0.329 e. The average molecular weight is 490 g/mol. The molecule has 2 N–H and O–H groups in total. The number of nitrogens with one attached hydrogen (secondary N) is 2. The average Bonchev–Trinajstić information content (AvgIpc) is 2.81. The van der Waals surface area contributed by atoms with E-state index in [1.165, 1.54) is 31.5 Å². The van der Waals surface area contributed by atoms with Gasteiger partial charge >= 0.3 is 11.8 Å². The molecule has 0 saturated heterocycles. The summed E-state index contributed by atoms with van der Waals surface area (Å²) in [6, 6.07) is 15.6. The van der Waals surface area contributed by atoms with E-state index in [2.05, 4.69) is 15.8 Å². The van der Waals surface area contributed by atoms with Crippen molar-refractivity contribution in [1.29, 1.82) is 0 Å². The van der Waals surface area contributed by atoms with Gasteiger partial charge in [0.1, 0.15) is 12.4 Å². The number of hydrazone groups is 1. The minimum absolute atomic E-state index is 0.123. The monoisotopic (exact) mass is 489 g/mol. The first-order valence-electron chi connectivity index (χ1n) is 9.51. The van der Waals surface area contributed by atoms with E-state index in [-0.39, 0.29) is 28.2 Å². The number of anilines is 1. The highest BCUT2D eigenvalue weighted by Gasteiger charge is 2.15. The number of rotatable bonds is 7. The molecule has 0 atom stereocenters. The molecule has 0 spiro atoms. The van der Waals surface area contributed by atoms with E-state index in [0.29, 0.717) is 17.1 Å². The lowest BCUT2D eigenvalue weighted by molar-refractivity contribution is -0.136. The molecule has 7 nitrogen and oxygen atoms in total. The number of amides is 2. The molecule has 0 unspecified atom stereocenters. The Morgan fingerprint density at radius 1 is 1.03 bits per heavy atom. The molecular weight excluding hydrogens is 472 g/mol. The Kier molecular flexibility index (Phi) is 8.23. The molecule has 0 aliphatic rings. The van der Waals surface area contributed by atoms with E-state index in [4.69, 9.17) is 32.7 Å². The van der Waals surface area contributed by atoms with Crippen LogP contribution >= 0.6 is 23.2 Å². The fraction of sp³-hybridized carbons (Fsp3) is 0.0870. The zero-order valence-electron chi connectivity index (χ0n) is 17.3. The summed E-state index contributed by atoms with van der Waals surface area (Å²) in [5, 5.41) is 6.50. The van der Waals surface area contributed by atoms with Crippen LogP contribution < -0.4 is 20.2 Å². The van der Waals surface area contributed by atoms with Crippen LogP contribution in [0.15, 0.2) is 65.8 Å². The first-order chi connectivity index (χ1) is 15.9. The van der Waals surface area contributed by atoms with Crippen LogP contribution in [0.25, 0.3) is 0 Å². The molecular formula is C23H18Cl2FN3O4. The number of methoxy groups -OCH3 is 1. The summed E-state index contributed by atoms with van der Waals surface area (Å²) < 4.78 is 24.1. The van der Waals surface area contributed by atoms with E-state index >= 15 is 0 Å². The van der Waals surface area contributed by atoms with E-state index in [0.717, 1.165) is 5.56 Å². The highest BCUT2D eigenvalue weighted by molar-refractivity contribution is 6.45. The maximum Gasteiger partial charge on any atom is 0.329 e. The Hall–Kier alpha value is -3.62. The van der Waals surface area contributed by atoms with Gasteiger partial charge in [0.2, 0.25) is 0 Å². The Morgan fingerprint density at radius 2 is 1.79 bits per heavy atom. The second-order valence-electron chi connectivity index (χ2n) is 6.58. The van der Waals surface area contributed by atoms with Gasteiger partial charge in [0.05, 0.1) is 29.1 Å². The number of carbonyl (C=O) groups excluding carboxylic acids is 2. The summed E-state index contributed by atoms with van der Waals surface area (Å²) in [5.41, 5.74) is 3.71. The van der Waals surface area contributed by atoms with Crippen LogP contribution in [0, 0.1) is 5.82 Å². The predicted octanol–water partition coefficient (Wildman–Crippen LogP) is 4.81. The lowest BCUT2D eigenvalue weighted by Crippen LogP contribution is -2.32. The molecule has 0 aliphatic heterocycles. The SMILES string of the molecule is COc1cc(/C=N\NC(=O)C(=O)Nc2cccc(Cl)c2Cl)ccc1OCc1ccc(F)cc1. The number of hydrogen-bond acceptors (Lipinski definition) is 5. The highest BCUT2D eigenvalue weighted by Crippen LogP contribution is 2.30. The van der Waals surface area contributed by atoms with Gasteiger partial charge in [-0.2, -0.15) is 5.10 Å². The summed E-state index contributed by atoms with van der Waals surface area (Å²) in [6.07, 6.45) is 1.34. The van der Waals surface area contributed by atoms with Gasteiger partial charge in [-0.3, -0.25) is 9.59 Å². The Labute approximate surface area is 199 Å².